The van der Waals surface area contributed by atoms with E-state index in [1.807, 2.05) is 12.1 Å². The number of esters is 1. The molecule has 2 aromatic rings. The van der Waals surface area contributed by atoms with Gasteiger partial charge in [-0.2, -0.15) is 5.10 Å². The highest BCUT2D eigenvalue weighted by molar-refractivity contribution is 5.93. The van der Waals surface area contributed by atoms with Gasteiger partial charge in [-0.3, -0.25) is 19.7 Å². The predicted octanol–water partition coefficient (Wildman–Crippen LogP) is 1.89. The lowest BCUT2D eigenvalue weighted by atomic mass is 9.98. The lowest BCUT2D eigenvalue weighted by Crippen LogP contribution is -2.43. The Hall–Kier alpha value is -2.70. The van der Waals surface area contributed by atoms with Crippen LogP contribution in [-0.4, -0.2) is 51.7 Å². The number of likely N-dealkylation sites (tertiary alicyclic amines) is 1. The average Bonchev–Trinajstić information content (AvgIpc) is 3.12. The van der Waals surface area contributed by atoms with E-state index in [9.17, 15) is 9.59 Å². The van der Waals surface area contributed by atoms with Crippen molar-refractivity contribution in [2.75, 3.05) is 19.7 Å². The number of hydrogen-bond acceptors (Lipinski definition) is 5. The van der Waals surface area contributed by atoms with Crippen LogP contribution in [0.1, 0.15) is 30.3 Å². The maximum absolute atomic E-state index is 12.7. The van der Waals surface area contributed by atoms with Gasteiger partial charge in [0.2, 0.25) is 0 Å². The largest absolute Gasteiger partial charge is 0.466 e. The summed E-state index contributed by atoms with van der Waals surface area (Å²) in [6.07, 6.45) is 4.91. The molecule has 1 unspecified atom stereocenters. The van der Waals surface area contributed by atoms with Crippen LogP contribution in [0, 0.1) is 5.92 Å². The molecule has 24 heavy (non-hydrogen) atoms. The molecule has 7 heteroatoms. The topological polar surface area (TPSA) is 88.2 Å². The fourth-order valence-electron chi connectivity index (χ4n) is 2.89. The Morgan fingerprint density at radius 3 is 2.92 bits per heavy atom. The van der Waals surface area contributed by atoms with Gasteiger partial charge in [0.05, 0.1) is 18.2 Å². The number of carbonyl (C=O) groups is 2. The lowest BCUT2D eigenvalue weighted by molar-refractivity contribution is -0.149. The summed E-state index contributed by atoms with van der Waals surface area (Å²) in [7, 11) is 0. The van der Waals surface area contributed by atoms with Crippen molar-refractivity contribution in [2.24, 2.45) is 5.92 Å². The van der Waals surface area contributed by atoms with Crippen LogP contribution in [0.25, 0.3) is 11.3 Å². The Labute approximate surface area is 140 Å². The quantitative estimate of drug-likeness (QED) is 0.866. The standard InChI is InChI=1S/C17H20N4O3/c1-2-24-17(23)13-4-3-9-21(11-13)16(22)15-10-14(19-20-15)12-5-7-18-8-6-12/h5-8,10,13H,2-4,9,11H2,1H3,(H,19,20). The number of aromatic nitrogens is 3. The molecule has 0 aromatic carbocycles. The molecular weight excluding hydrogens is 308 g/mol. The minimum atomic E-state index is -0.245. The second-order valence-electron chi connectivity index (χ2n) is 5.75. The number of aromatic amines is 1. The van der Waals surface area contributed by atoms with E-state index in [1.165, 1.54) is 0 Å². The van der Waals surface area contributed by atoms with Crippen LogP contribution in [-0.2, 0) is 9.53 Å². The molecule has 7 nitrogen and oxygen atoms in total. The average molecular weight is 328 g/mol. The predicted molar refractivity (Wildman–Crippen MR) is 87.1 cm³/mol. The van der Waals surface area contributed by atoms with Gasteiger partial charge < -0.3 is 9.64 Å². The van der Waals surface area contributed by atoms with Crippen LogP contribution in [0.3, 0.4) is 0 Å². The third kappa shape index (κ3) is 3.45. The van der Waals surface area contributed by atoms with Crippen LogP contribution in [0.4, 0.5) is 0 Å². The molecule has 2 aromatic heterocycles. The summed E-state index contributed by atoms with van der Waals surface area (Å²) in [5.74, 6) is -0.612. The summed E-state index contributed by atoms with van der Waals surface area (Å²) in [4.78, 5) is 30.2. The molecule has 0 bridgehead atoms. The van der Waals surface area contributed by atoms with Gasteiger partial charge in [0.1, 0.15) is 5.69 Å². The zero-order valence-corrected chi connectivity index (χ0v) is 13.6. The Bertz CT molecular complexity index is 714. The number of rotatable bonds is 4. The molecule has 3 rings (SSSR count). The zero-order valence-electron chi connectivity index (χ0n) is 13.6. The maximum atomic E-state index is 12.7. The van der Waals surface area contributed by atoms with E-state index in [2.05, 4.69) is 15.2 Å². The van der Waals surface area contributed by atoms with Crippen LogP contribution in [0.5, 0.6) is 0 Å². The molecule has 126 valence electrons. The van der Waals surface area contributed by atoms with Crippen molar-refractivity contribution >= 4 is 11.9 Å². The number of H-pyrrole nitrogens is 1. The number of piperidine rings is 1. The monoisotopic (exact) mass is 328 g/mol. The SMILES string of the molecule is CCOC(=O)C1CCCN(C(=O)c2cc(-c3ccncc3)n[nH]2)C1. The van der Waals surface area contributed by atoms with Crippen LogP contribution in [0.15, 0.2) is 30.6 Å². The van der Waals surface area contributed by atoms with Crippen LogP contribution < -0.4 is 0 Å². The van der Waals surface area contributed by atoms with E-state index in [4.69, 9.17) is 4.74 Å². The number of pyridine rings is 1. The third-order valence-electron chi connectivity index (χ3n) is 4.11. The van der Waals surface area contributed by atoms with Gasteiger partial charge in [-0.15, -0.1) is 0 Å². The smallest absolute Gasteiger partial charge is 0.310 e. The van der Waals surface area contributed by atoms with Crippen molar-refractivity contribution in [3.63, 3.8) is 0 Å². The van der Waals surface area contributed by atoms with Crippen molar-refractivity contribution in [3.05, 3.63) is 36.3 Å². The molecular formula is C17H20N4O3. The van der Waals surface area contributed by atoms with Crippen molar-refractivity contribution in [1.82, 2.24) is 20.1 Å². The lowest BCUT2D eigenvalue weighted by Gasteiger charge is -2.31. The minimum Gasteiger partial charge on any atom is -0.466 e. The molecule has 1 saturated heterocycles. The Balaban J connectivity index is 1.70. The second kappa shape index (κ2) is 7.25. The Morgan fingerprint density at radius 2 is 2.17 bits per heavy atom. The van der Waals surface area contributed by atoms with Crippen molar-refractivity contribution in [2.45, 2.75) is 19.8 Å². The number of ether oxygens (including phenoxy) is 1. The molecule has 0 aliphatic carbocycles. The van der Waals surface area contributed by atoms with Gasteiger partial charge in [-0.05, 0) is 38.0 Å². The number of nitrogens with zero attached hydrogens (tertiary/aromatic N) is 3. The highest BCUT2D eigenvalue weighted by Crippen LogP contribution is 2.21. The maximum Gasteiger partial charge on any atom is 0.310 e. The first kappa shape index (κ1) is 16.2. The third-order valence-corrected chi connectivity index (χ3v) is 4.11. The van der Waals surface area contributed by atoms with E-state index >= 15 is 0 Å². The molecule has 1 amide bonds. The van der Waals surface area contributed by atoms with Gasteiger partial charge in [-0.1, -0.05) is 0 Å². The molecule has 0 spiro atoms. The van der Waals surface area contributed by atoms with Gasteiger partial charge >= 0.3 is 5.97 Å². The van der Waals surface area contributed by atoms with E-state index < -0.39 is 0 Å². The number of carbonyl (C=O) groups excluding carboxylic acids is 2. The summed E-state index contributed by atoms with van der Waals surface area (Å²) in [5, 5.41) is 6.99. The summed E-state index contributed by atoms with van der Waals surface area (Å²) in [6, 6.07) is 5.40. The highest BCUT2D eigenvalue weighted by atomic mass is 16.5. The summed E-state index contributed by atoms with van der Waals surface area (Å²) in [6.45, 7) is 3.17. The Kier molecular flexibility index (Phi) is 4.88. The number of amides is 1. The number of hydrogen-bond donors (Lipinski definition) is 1. The van der Waals surface area contributed by atoms with Crippen LogP contribution in [0.2, 0.25) is 0 Å². The molecule has 1 N–H and O–H groups in total. The summed E-state index contributed by atoms with van der Waals surface area (Å²) >= 11 is 0. The van der Waals surface area contributed by atoms with Crippen LogP contribution >= 0.6 is 0 Å². The first-order valence-corrected chi connectivity index (χ1v) is 8.10. The molecule has 3 heterocycles. The first-order chi connectivity index (χ1) is 11.7. The van der Waals surface area contributed by atoms with E-state index in [-0.39, 0.29) is 17.8 Å². The molecule has 0 radical (unpaired) electrons. The molecule has 1 atom stereocenters. The summed E-state index contributed by atoms with van der Waals surface area (Å²) < 4.78 is 5.07. The van der Waals surface area contributed by atoms with Gasteiger partial charge in [0.25, 0.3) is 5.91 Å². The van der Waals surface area contributed by atoms with Gasteiger partial charge in [0.15, 0.2) is 0 Å². The second-order valence-corrected chi connectivity index (χ2v) is 5.75. The molecule has 1 aliphatic heterocycles. The minimum absolute atomic E-state index is 0.142. The van der Waals surface area contributed by atoms with Crippen molar-refractivity contribution < 1.29 is 14.3 Å². The van der Waals surface area contributed by atoms with Crippen molar-refractivity contribution in [1.29, 1.82) is 0 Å². The summed E-state index contributed by atoms with van der Waals surface area (Å²) in [5.41, 5.74) is 2.01. The van der Waals surface area contributed by atoms with E-state index in [0.717, 1.165) is 18.4 Å². The fourth-order valence-corrected chi connectivity index (χ4v) is 2.89. The molecule has 1 fully saturated rings. The first-order valence-electron chi connectivity index (χ1n) is 8.10. The fraction of sp³-hybridized carbons (Fsp3) is 0.412. The van der Waals surface area contributed by atoms with E-state index in [1.54, 1.807) is 30.3 Å². The normalized spacial score (nSPS) is 17.5. The number of nitrogens with one attached hydrogen (secondary N) is 1. The molecule has 1 aliphatic rings. The highest BCUT2D eigenvalue weighted by Gasteiger charge is 2.30. The van der Waals surface area contributed by atoms with Crippen molar-refractivity contribution in [3.8, 4) is 11.3 Å². The zero-order chi connectivity index (χ0) is 16.9. The van der Waals surface area contributed by atoms with E-state index in [0.29, 0.717) is 31.1 Å². The Morgan fingerprint density at radius 1 is 1.38 bits per heavy atom. The van der Waals surface area contributed by atoms with Gasteiger partial charge in [0, 0.05) is 31.0 Å². The molecule has 0 saturated carbocycles. The van der Waals surface area contributed by atoms with Gasteiger partial charge in [-0.25, -0.2) is 0 Å².